The minimum atomic E-state index is -0.457. The summed E-state index contributed by atoms with van der Waals surface area (Å²) >= 11 is 0. The van der Waals surface area contributed by atoms with Crippen LogP contribution in [0.2, 0.25) is 0 Å². The Kier molecular flexibility index (Phi) is 2.58. The fourth-order valence-corrected chi connectivity index (χ4v) is 1.25. The van der Waals surface area contributed by atoms with Gasteiger partial charge in [-0.15, -0.1) is 0 Å². The van der Waals surface area contributed by atoms with Crippen LogP contribution in [0.5, 0.6) is 0 Å². The zero-order valence-electron chi connectivity index (χ0n) is 7.11. The topological polar surface area (TPSA) is 53.9 Å². The predicted octanol–water partition coefficient (Wildman–Crippen LogP) is -3.43. The van der Waals surface area contributed by atoms with Gasteiger partial charge in [0.05, 0.1) is 7.11 Å². The van der Waals surface area contributed by atoms with Gasteiger partial charge in [0.25, 0.3) is 0 Å². The van der Waals surface area contributed by atoms with E-state index in [1.54, 1.807) is 0 Å². The van der Waals surface area contributed by atoms with Gasteiger partial charge >= 0.3 is 5.97 Å². The lowest BCUT2D eigenvalue weighted by Gasteiger charge is -2.07. The van der Waals surface area contributed by atoms with E-state index in [1.807, 2.05) is 13.8 Å². The molecule has 3 nitrogen and oxygen atoms in total. The highest BCUT2D eigenvalue weighted by atomic mass is 35.5. The summed E-state index contributed by atoms with van der Waals surface area (Å²) in [5.74, 6) is -0.183. The van der Waals surface area contributed by atoms with Crippen molar-refractivity contribution in [2.75, 3.05) is 7.11 Å². The number of rotatable bonds is 1. The van der Waals surface area contributed by atoms with Gasteiger partial charge in [-0.05, 0) is 0 Å². The molecule has 66 valence electrons. The molecule has 0 aromatic carbocycles. The molecule has 1 aliphatic rings. The summed E-state index contributed by atoms with van der Waals surface area (Å²) in [6, 6.07) is 0. The van der Waals surface area contributed by atoms with E-state index in [4.69, 9.17) is 0 Å². The number of hydrogen-bond acceptors (Lipinski definition) is 2. The van der Waals surface area contributed by atoms with Crippen LogP contribution in [0.3, 0.4) is 0 Å². The Hall–Kier alpha value is -0.280. The number of carbonyl (C=O) groups is 1. The quantitative estimate of drug-likeness (QED) is 0.427. The van der Waals surface area contributed by atoms with Gasteiger partial charge < -0.3 is 22.9 Å². The highest BCUT2D eigenvalue weighted by molar-refractivity contribution is 5.83. The number of hydrogen-bond donors (Lipinski definition) is 1. The fourth-order valence-electron chi connectivity index (χ4n) is 1.25. The van der Waals surface area contributed by atoms with Crippen molar-refractivity contribution in [3.63, 3.8) is 0 Å². The van der Waals surface area contributed by atoms with E-state index < -0.39 is 5.54 Å². The largest absolute Gasteiger partial charge is 1.00 e. The lowest BCUT2D eigenvalue weighted by molar-refractivity contribution is -0.434. The van der Waals surface area contributed by atoms with Gasteiger partial charge in [-0.1, -0.05) is 13.8 Å². The third-order valence-electron chi connectivity index (χ3n) is 2.49. The molecule has 0 unspecified atom stereocenters. The molecule has 1 fully saturated rings. The number of methoxy groups -OCH3 is 1. The molecule has 1 saturated carbocycles. The van der Waals surface area contributed by atoms with Crippen molar-refractivity contribution in [1.82, 2.24) is 0 Å². The average Bonchev–Trinajstić information content (AvgIpc) is 2.32. The molecule has 11 heavy (non-hydrogen) atoms. The van der Waals surface area contributed by atoms with Gasteiger partial charge in [0, 0.05) is 11.8 Å². The van der Waals surface area contributed by atoms with Crippen LogP contribution in [0.1, 0.15) is 20.3 Å². The Balaban J connectivity index is 0.000001000. The molecule has 1 atom stereocenters. The second-order valence-corrected chi connectivity index (χ2v) is 3.63. The van der Waals surface area contributed by atoms with Crippen LogP contribution in [-0.2, 0) is 9.53 Å². The van der Waals surface area contributed by atoms with E-state index in [1.165, 1.54) is 7.11 Å². The molecule has 3 N–H and O–H groups in total. The molecule has 0 heterocycles. The van der Waals surface area contributed by atoms with Crippen LogP contribution < -0.4 is 18.1 Å². The molecule has 4 heteroatoms. The predicted molar refractivity (Wildman–Crippen MR) is 36.0 cm³/mol. The standard InChI is InChI=1S/C7H13NO2.ClH/c1-6(2)4-7(6,8)5(9)10-3;/h4,8H2,1-3H3;1H/t7-;/m1./s1. The Morgan fingerprint density at radius 2 is 1.91 bits per heavy atom. The van der Waals surface area contributed by atoms with Crippen molar-refractivity contribution in [2.24, 2.45) is 5.41 Å². The number of esters is 1. The molecule has 1 rings (SSSR count). The maximum atomic E-state index is 11.0. The first-order valence-electron chi connectivity index (χ1n) is 3.38. The summed E-state index contributed by atoms with van der Waals surface area (Å²) in [6.07, 6.45) is 0.840. The van der Waals surface area contributed by atoms with Crippen LogP contribution in [-0.4, -0.2) is 18.6 Å². The van der Waals surface area contributed by atoms with E-state index in [-0.39, 0.29) is 23.8 Å². The molecule has 0 bridgehead atoms. The number of ether oxygens (including phenoxy) is 1. The van der Waals surface area contributed by atoms with Crippen molar-refractivity contribution in [3.05, 3.63) is 0 Å². The van der Waals surface area contributed by atoms with Gasteiger partial charge in [0.2, 0.25) is 0 Å². The van der Waals surface area contributed by atoms with Gasteiger partial charge in [-0.3, -0.25) is 0 Å². The minimum absolute atomic E-state index is 0. The normalized spacial score (nSPS) is 32.0. The van der Waals surface area contributed by atoms with E-state index >= 15 is 0 Å². The lowest BCUT2D eigenvalue weighted by atomic mass is 10.1. The number of halogens is 1. The minimum Gasteiger partial charge on any atom is -1.00 e. The first-order chi connectivity index (χ1) is 4.44. The van der Waals surface area contributed by atoms with Crippen LogP contribution in [0, 0.1) is 5.41 Å². The van der Waals surface area contributed by atoms with Crippen LogP contribution in [0.4, 0.5) is 0 Å². The lowest BCUT2D eigenvalue weighted by Crippen LogP contribution is -3.00. The monoisotopic (exact) mass is 179 g/mol. The van der Waals surface area contributed by atoms with Crippen LogP contribution >= 0.6 is 0 Å². The molecule has 0 aromatic rings. The highest BCUT2D eigenvalue weighted by Crippen LogP contribution is 2.52. The molecule has 0 aliphatic heterocycles. The molecule has 0 aromatic heterocycles. The molecule has 0 amide bonds. The van der Waals surface area contributed by atoms with E-state index in [0.29, 0.717) is 0 Å². The first kappa shape index (κ1) is 10.7. The second kappa shape index (κ2) is 2.64. The Morgan fingerprint density at radius 3 is 2.00 bits per heavy atom. The SMILES string of the molecule is COC(=O)[C@]1([NH3+])CC1(C)C.[Cl-]. The summed E-state index contributed by atoms with van der Waals surface area (Å²) in [5.41, 5.74) is 3.42. The third kappa shape index (κ3) is 1.35. The molecular weight excluding hydrogens is 166 g/mol. The Labute approximate surface area is 72.7 Å². The summed E-state index contributed by atoms with van der Waals surface area (Å²) in [6.45, 7) is 4.05. The Morgan fingerprint density at radius 1 is 1.55 bits per heavy atom. The third-order valence-corrected chi connectivity index (χ3v) is 2.49. The van der Waals surface area contributed by atoms with Crippen LogP contribution in [0.15, 0.2) is 0 Å². The maximum absolute atomic E-state index is 11.0. The zero-order chi connectivity index (χ0) is 7.99. The highest BCUT2D eigenvalue weighted by Gasteiger charge is 2.69. The van der Waals surface area contributed by atoms with Crippen molar-refractivity contribution in [2.45, 2.75) is 25.8 Å². The second-order valence-electron chi connectivity index (χ2n) is 3.63. The molecule has 0 radical (unpaired) electrons. The first-order valence-corrected chi connectivity index (χ1v) is 3.38. The van der Waals surface area contributed by atoms with Gasteiger partial charge in [-0.25, -0.2) is 4.79 Å². The number of carbonyl (C=O) groups excluding carboxylic acids is 1. The fraction of sp³-hybridized carbons (Fsp3) is 0.857. The van der Waals surface area contributed by atoms with Gasteiger partial charge in [0.1, 0.15) is 0 Å². The maximum Gasteiger partial charge on any atom is 0.368 e. The molecule has 0 saturated heterocycles. The van der Waals surface area contributed by atoms with Crippen molar-refractivity contribution in [3.8, 4) is 0 Å². The van der Waals surface area contributed by atoms with E-state index in [0.717, 1.165) is 6.42 Å². The smallest absolute Gasteiger partial charge is 0.368 e. The van der Waals surface area contributed by atoms with Crippen molar-refractivity contribution >= 4 is 5.97 Å². The Bertz CT molecular complexity index is 181. The van der Waals surface area contributed by atoms with Crippen molar-refractivity contribution < 1.29 is 27.7 Å². The summed E-state index contributed by atoms with van der Waals surface area (Å²) in [5, 5.41) is 0. The summed E-state index contributed by atoms with van der Waals surface area (Å²) < 4.78 is 4.61. The van der Waals surface area contributed by atoms with Gasteiger partial charge in [-0.2, -0.15) is 0 Å². The molecule has 1 aliphatic carbocycles. The summed E-state index contributed by atoms with van der Waals surface area (Å²) in [4.78, 5) is 11.0. The van der Waals surface area contributed by atoms with Crippen LogP contribution in [0.25, 0.3) is 0 Å². The zero-order valence-corrected chi connectivity index (χ0v) is 7.86. The van der Waals surface area contributed by atoms with E-state index in [9.17, 15) is 4.79 Å². The van der Waals surface area contributed by atoms with Gasteiger partial charge in [0.15, 0.2) is 5.54 Å². The molecular formula is C7H14ClNO2. The average molecular weight is 180 g/mol. The molecule has 0 spiro atoms. The van der Waals surface area contributed by atoms with Crippen molar-refractivity contribution in [1.29, 1.82) is 0 Å². The number of quaternary nitrogens is 1. The summed E-state index contributed by atoms with van der Waals surface area (Å²) in [7, 11) is 1.41. The van der Waals surface area contributed by atoms with E-state index in [2.05, 4.69) is 10.5 Å².